The highest BCUT2D eigenvalue weighted by Gasteiger charge is 2.12. The van der Waals surface area contributed by atoms with Gasteiger partial charge in [-0.15, -0.1) is 0 Å². The van der Waals surface area contributed by atoms with Crippen molar-refractivity contribution in [1.29, 1.82) is 0 Å². The number of primary amides is 1. The van der Waals surface area contributed by atoms with E-state index in [1.165, 1.54) is 19.2 Å². The van der Waals surface area contributed by atoms with Crippen LogP contribution in [0.15, 0.2) is 18.2 Å². The van der Waals surface area contributed by atoms with Crippen LogP contribution < -0.4 is 15.2 Å². The molecule has 0 bridgehead atoms. The first-order chi connectivity index (χ1) is 8.97. The summed E-state index contributed by atoms with van der Waals surface area (Å²) < 4.78 is 10.4. The first kappa shape index (κ1) is 15.0. The second-order valence-corrected chi connectivity index (χ2v) is 4.33. The zero-order chi connectivity index (χ0) is 14.4. The quantitative estimate of drug-likeness (QED) is 0.815. The Labute approximate surface area is 112 Å². The molecule has 0 saturated carbocycles. The van der Waals surface area contributed by atoms with Crippen molar-refractivity contribution >= 4 is 11.7 Å². The van der Waals surface area contributed by atoms with E-state index in [-0.39, 0.29) is 23.9 Å². The van der Waals surface area contributed by atoms with Crippen LogP contribution in [0.25, 0.3) is 0 Å². The van der Waals surface area contributed by atoms with Gasteiger partial charge in [0.2, 0.25) is 5.91 Å². The molecule has 1 atom stereocenters. The predicted octanol–water partition coefficient (Wildman–Crippen LogP) is 1.79. The Bertz CT molecular complexity index is 471. The number of methoxy groups -OCH3 is 1. The molecular weight excluding hydrogens is 246 g/mol. The first-order valence-corrected chi connectivity index (χ1v) is 6.12. The lowest BCUT2D eigenvalue weighted by Gasteiger charge is -2.11. The molecule has 0 aliphatic rings. The number of nitrogens with two attached hydrogens (primary N) is 1. The van der Waals surface area contributed by atoms with E-state index in [0.717, 1.165) is 6.42 Å². The molecule has 0 aromatic heterocycles. The molecule has 19 heavy (non-hydrogen) atoms. The van der Waals surface area contributed by atoms with Gasteiger partial charge in [0.25, 0.3) is 0 Å². The highest BCUT2D eigenvalue weighted by molar-refractivity contribution is 5.93. The second kappa shape index (κ2) is 6.78. The predicted molar refractivity (Wildman–Crippen MR) is 71.5 cm³/mol. The van der Waals surface area contributed by atoms with Crippen LogP contribution >= 0.6 is 0 Å². The third-order valence-corrected chi connectivity index (χ3v) is 2.94. The molecule has 0 saturated heterocycles. The Morgan fingerprint density at radius 2 is 1.89 bits per heavy atom. The molecule has 1 amide bonds. The van der Waals surface area contributed by atoms with Gasteiger partial charge < -0.3 is 15.2 Å². The van der Waals surface area contributed by atoms with E-state index in [1.54, 1.807) is 6.07 Å². The van der Waals surface area contributed by atoms with E-state index in [9.17, 15) is 9.59 Å². The van der Waals surface area contributed by atoms with E-state index in [2.05, 4.69) is 0 Å². The molecule has 1 aromatic rings. The van der Waals surface area contributed by atoms with Crippen LogP contribution in [0.5, 0.6) is 11.5 Å². The Kier molecular flexibility index (Phi) is 5.36. The van der Waals surface area contributed by atoms with Crippen molar-refractivity contribution in [1.82, 2.24) is 0 Å². The smallest absolute Gasteiger partial charge is 0.248 e. The van der Waals surface area contributed by atoms with Crippen molar-refractivity contribution in [2.75, 3.05) is 13.7 Å². The van der Waals surface area contributed by atoms with Crippen molar-refractivity contribution in [2.45, 2.75) is 20.3 Å². The lowest BCUT2D eigenvalue weighted by molar-refractivity contribution is -0.124. The number of benzene rings is 1. The molecule has 0 spiro atoms. The van der Waals surface area contributed by atoms with Gasteiger partial charge in [-0.05, 0) is 18.6 Å². The molecule has 1 aromatic carbocycles. The van der Waals surface area contributed by atoms with Gasteiger partial charge in [0.1, 0.15) is 18.1 Å². The summed E-state index contributed by atoms with van der Waals surface area (Å²) in [5.74, 6) is 0.260. The number of carbonyl (C=O) groups is 2. The number of Topliss-reactive ketones (excluding diaryl/α,β-unsaturated/α-hetero) is 1. The molecule has 104 valence electrons. The summed E-state index contributed by atoms with van der Waals surface area (Å²) in [5, 5.41) is 0. The van der Waals surface area contributed by atoms with Crippen LogP contribution in [0.3, 0.4) is 0 Å². The summed E-state index contributed by atoms with van der Waals surface area (Å²) >= 11 is 0. The minimum atomic E-state index is -0.572. The third kappa shape index (κ3) is 4.28. The maximum Gasteiger partial charge on any atom is 0.248 e. The van der Waals surface area contributed by atoms with Gasteiger partial charge in [0.15, 0.2) is 5.78 Å². The molecule has 5 heteroatoms. The molecule has 1 unspecified atom stereocenters. The fourth-order valence-electron chi connectivity index (χ4n) is 1.44. The van der Waals surface area contributed by atoms with Crippen molar-refractivity contribution in [3.05, 3.63) is 23.8 Å². The number of hydrogen-bond acceptors (Lipinski definition) is 4. The summed E-state index contributed by atoms with van der Waals surface area (Å²) in [7, 11) is 1.48. The number of hydrogen-bond donors (Lipinski definition) is 1. The van der Waals surface area contributed by atoms with Gasteiger partial charge >= 0.3 is 0 Å². The van der Waals surface area contributed by atoms with Gasteiger partial charge in [-0.25, -0.2) is 0 Å². The van der Waals surface area contributed by atoms with Gasteiger partial charge in [0.05, 0.1) is 7.11 Å². The van der Waals surface area contributed by atoms with E-state index in [0.29, 0.717) is 11.5 Å². The number of ether oxygens (including phenoxy) is 2. The first-order valence-electron chi connectivity index (χ1n) is 6.12. The van der Waals surface area contributed by atoms with Crippen LogP contribution in [0.4, 0.5) is 0 Å². The molecule has 5 nitrogen and oxygen atoms in total. The topological polar surface area (TPSA) is 78.6 Å². The lowest BCUT2D eigenvalue weighted by atomic mass is 10.0. The fourth-order valence-corrected chi connectivity index (χ4v) is 1.44. The molecule has 2 N–H and O–H groups in total. The maximum atomic E-state index is 11.7. The van der Waals surface area contributed by atoms with Crippen LogP contribution in [0.1, 0.15) is 30.6 Å². The third-order valence-electron chi connectivity index (χ3n) is 2.94. The summed E-state index contributed by atoms with van der Waals surface area (Å²) in [5.41, 5.74) is 5.50. The Hall–Kier alpha value is -2.04. The summed E-state index contributed by atoms with van der Waals surface area (Å²) in [6.45, 7) is 3.77. The summed E-state index contributed by atoms with van der Waals surface area (Å²) in [4.78, 5) is 22.8. The highest BCUT2D eigenvalue weighted by atomic mass is 16.5. The molecule has 0 radical (unpaired) electrons. The molecule has 0 heterocycles. The number of amides is 1. The Morgan fingerprint density at radius 3 is 2.42 bits per heavy atom. The Balaban J connectivity index is 2.80. The van der Waals surface area contributed by atoms with Crippen LogP contribution in [0.2, 0.25) is 0 Å². The van der Waals surface area contributed by atoms with E-state index in [4.69, 9.17) is 15.2 Å². The SMILES string of the molecule is CCC(C)C(=O)COc1cc(OC)cc(C(N)=O)c1. The highest BCUT2D eigenvalue weighted by Crippen LogP contribution is 2.22. The van der Waals surface area contributed by atoms with Gasteiger partial charge in [-0.2, -0.15) is 0 Å². The standard InChI is InChI=1S/C14H19NO4/c1-4-9(2)13(16)8-19-12-6-10(14(15)17)5-11(7-12)18-3/h5-7,9H,4,8H2,1-3H3,(H2,15,17). The van der Waals surface area contributed by atoms with E-state index >= 15 is 0 Å². The molecular formula is C14H19NO4. The van der Waals surface area contributed by atoms with Crippen molar-refractivity contribution in [2.24, 2.45) is 11.7 Å². The second-order valence-electron chi connectivity index (χ2n) is 4.33. The monoisotopic (exact) mass is 265 g/mol. The van der Waals surface area contributed by atoms with Crippen LogP contribution in [0, 0.1) is 5.92 Å². The van der Waals surface area contributed by atoms with Crippen molar-refractivity contribution in [3.8, 4) is 11.5 Å². The normalized spacial score (nSPS) is 11.7. The Morgan fingerprint density at radius 1 is 1.26 bits per heavy atom. The minimum Gasteiger partial charge on any atom is -0.497 e. The largest absolute Gasteiger partial charge is 0.497 e. The van der Waals surface area contributed by atoms with Crippen molar-refractivity contribution < 1.29 is 19.1 Å². The maximum absolute atomic E-state index is 11.7. The summed E-state index contributed by atoms with van der Waals surface area (Å²) in [6.07, 6.45) is 0.771. The van der Waals surface area contributed by atoms with Crippen LogP contribution in [-0.4, -0.2) is 25.4 Å². The number of ketones is 1. The van der Waals surface area contributed by atoms with Gasteiger partial charge in [-0.3, -0.25) is 9.59 Å². The van der Waals surface area contributed by atoms with Crippen molar-refractivity contribution in [3.63, 3.8) is 0 Å². The van der Waals surface area contributed by atoms with E-state index < -0.39 is 5.91 Å². The van der Waals surface area contributed by atoms with E-state index in [1.807, 2.05) is 13.8 Å². The van der Waals surface area contributed by atoms with Gasteiger partial charge in [-0.1, -0.05) is 13.8 Å². The fraction of sp³-hybridized carbons (Fsp3) is 0.429. The minimum absolute atomic E-state index is 0.0194. The average molecular weight is 265 g/mol. The molecule has 0 aliphatic carbocycles. The lowest BCUT2D eigenvalue weighted by Crippen LogP contribution is -2.19. The number of rotatable bonds is 7. The molecule has 0 aliphatic heterocycles. The van der Waals surface area contributed by atoms with Crippen LogP contribution in [-0.2, 0) is 4.79 Å². The zero-order valence-corrected chi connectivity index (χ0v) is 11.4. The number of carbonyl (C=O) groups excluding carboxylic acids is 2. The average Bonchev–Trinajstić information content (AvgIpc) is 2.43. The zero-order valence-electron chi connectivity index (χ0n) is 11.4. The van der Waals surface area contributed by atoms with Gasteiger partial charge in [0, 0.05) is 17.5 Å². The molecule has 1 rings (SSSR count). The molecule has 0 fully saturated rings. The summed E-state index contributed by atoms with van der Waals surface area (Å²) in [6, 6.07) is 4.62.